The number of carbonyl (C=O) groups excluding carboxylic acids is 1. The molecule has 0 bridgehead atoms. The predicted octanol–water partition coefficient (Wildman–Crippen LogP) is 2.42. The Hall–Kier alpha value is -1.75. The SMILES string of the molecule is CC(CNC(=O)NC(C)c1cccc(Cl)c1)C(=O)O. The third-order valence-corrected chi connectivity index (χ3v) is 2.92. The molecule has 2 amide bonds. The van der Waals surface area contributed by atoms with E-state index in [1.807, 2.05) is 13.0 Å². The molecule has 0 aromatic heterocycles. The van der Waals surface area contributed by atoms with E-state index in [0.717, 1.165) is 5.56 Å². The molecule has 0 spiro atoms. The van der Waals surface area contributed by atoms with Crippen molar-refractivity contribution in [2.45, 2.75) is 19.9 Å². The molecule has 0 fully saturated rings. The van der Waals surface area contributed by atoms with Crippen molar-refractivity contribution in [2.24, 2.45) is 5.92 Å². The van der Waals surface area contributed by atoms with Gasteiger partial charge in [0.1, 0.15) is 0 Å². The van der Waals surface area contributed by atoms with Crippen molar-refractivity contribution in [1.82, 2.24) is 10.6 Å². The van der Waals surface area contributed by atoms with Crippen molar-refractivity contribution in [3.8, 4) is 0 Å². The highest BCUT2D eigenvalue weighted by atomic mass is 35.5. The number of aliphatic carboxylic acids is 1. The van der Waals surface area contributed by atoms with Gasteiger partial charge in [0.15, 0.2) is 0 Å². The number of hydrogen-bond acceptors (Lipinski definition) is 2. The highest BCUT2D eigenvalue weighted by Gasteiger charge is 2.14. The summed E-state index contributed by atoms with van der Waals surface area (Å²) < 4.78 is 0. The summed E-state index contributed by atoms with van der Waals surface area (Å²) in [6.45, 7) is 3.44. The molecule has 0 aliphatic rings. The maximum atomic E-state index is 11.6. The maximum absolute atomic E-state index is 11.6. The van der Waals surface area contributed by atoms with Gasteiger partial charge in [-0.15, -0.1) is 0 Å². The Balaban J connectivity index is 2.46. The zero-order chi connectivity index (χ0) is 14.4. The van der Waals surface area contributed by atoms with Crippen LogP contribution in [0.4, 0.5) is 4.79 Å². The summed E-state index contributed by atoms with van der Waals surface area (Å²) in [5, 5.41) is 14.5. The molecule has 0 aliphatic heterocycles. The Morgan fingerprint density at radius 1 is 1.37 bits per heavy atom. The molecule has 1 rings (SSSR count). The molecule has 0 heterocycles. The lowest BCUT2D eigenvalue weighted by atomic mass is 10.1. The van der Waals surface area contributed by atoms with E-state index in [2.05, 4.69) is 10.6 Å². The monoisotopic (exact) mass is 284 g/mol. The fourth-order valence-electron chi connectivity index (χ4n) is 1.44. The van der Waals surface area contributed by atoms with E-state index in [1.165, 1.54) is 6.92 Å². The van der Waals surface area contributed by atoms with Crippen LogP contribution in [0.15, 0.2) is 24.3 Å². The Morgan fingerprint density at radius 3 is 2.63 bits per heavy atom. The van der Waals surface area contributed by atoms with Gasteiger partial charge in [-0.05, 0) is 24.6 Å². The minimum absolute atomic E-state index is 0.0867. The fraction of sp³-hybridized carbons (Fsp3) is 0.385. The normalized spacial score (nSPS) is 13.4. The average molecular weight is 285 g/mol. The number of halogens is 1. The first-order valence-electron chi connectivity index (χ1n) is 5.92. The van der Waals surface area contributed by atoms with Crippen LogP contribution < -0.4 is 10.6 Å². The van der Waals surface area contributed by atoms with Gasteiger partial charge in [0.25, 0.3) is 0 Å². The summed E-state index contributed by atoms with van der Waals surface area (Å²) in [6, 6.07) is 6.58. The molecular weight excluding hydrogens is 268 g/mol. The molecule has 1 aromatic carbocycles. The summed E-state index contributed by atoms with van der Waals surface area (Å²) >= 11 is 5.87. The second kappa shape index (κ2) is 6.99. The first-order chi connectivity index (χ1) is 8.90. The first-order valence-corrected chi connectivity index (χ1v) is 6.30. The van der Waals surface area contributed by atoms with E-state index in [1.54, 1.807) is 18.2 Å². The van der Waals surface area contributed by atoms with Gasteiger partial charge < -0.3 is 15.7 Å². The van der Waals surface area contributed by atoms with E-state index in [0.29, 0.717) is 5.02 Å². The van der Waals surface area contributed by atoms with Crippen LogP contribution in [-0.2, 0) is 4.79 Å². The molecule has 0 radical (unpaired) electrons. The second-order valence-corrected chi connectivity index (χ2v) is 4.81. The molecule has 19 heavy (non-hydrogen) atoms. The number of benzene rings is 1. The van der Waals surface area contributed by atoms with Crippen LogP contribution in [0, 0.1) is 5.92 Å². The smallest absolute Gasteiger partial charge is 0.315 e. The quantitative estimate of drug-likeness (QED) is 0.777. The minimum Gasteiger partial charge on any atom is -0.481 e. The Bertz CT molecular complexity index is 465. The number of hydrogen-bond donors (Lipinski definition) is 3. The summed E-state index contributed by atoms with van der Waals surface area (Å²) in [6.07, 6.45) is 0. The standard InChI is InChI=1S/C13H17ClN2O3/c1-8(12(17)18)7-15-13(19)16-9(2)10-4-3-5-11(14)6-10/h3-6,8-9H,7H2,1-2H3,(H,17,18)(H2,15,16,19). The summed E-state index contributed by atoms with van der Waals surface area (Å²) in [5.74, 6) is -1.56. The first kappa shape index (κ1) is 15.3. The Kier molecular flexibility index (Phi) is 5.63. The molecule has 6 heteroatoms. The highest BCUT2D eigenvalue weighted by Crippen LogP contribution is 2.17. The van der Waals surface area contributed by atoms with Crippen LogP contribution >= 0.6 is 11.6 Å². The molecular formula is C13H17ClN2O3. The van der Waals surface area contributed by atoms with Crippen LogP contribution in [-0.4, -0.2) is 23.7 Å². The van der Waals surface area contributed by atoms with Crippen molar-refractivity contribution in [2.75, 3.05) is 6.54 Å². The summed E-state index contributed by atoms with van der Waals surface area (Å²) in [5.41, 5.74) is 0.883. The summed E-state index contributed by atoms with van der Waals surface area (Å²) in [4.78, 5) is 22.2. The largest absolute Gasteiger partial charge is 0.481 e. The van der Waals surface area contributed by atoms with Crippen molar-refractivity contribution in [3.05, 3.63) is 34.9 Å². The number of rotatable bonds is 5. The lowest BCUT2D eigenvalue weighted by Crippen LogP contribution is -2.40. The number of carbonyl (C=O) groups is 2. The van der Waals surface area contributed by atoms with Gasteiger partial charge in [0.2, 0.25) is 0 Å². The molecule has 0 saturated heterocycles. The van der Waals surface area contributed by atoms with Gasteiger partial charge in [-0.2, -0.15) is 0 Å². The van der Waals surface area contributed by atoms with Crippen LogP contribution in [0.3, 0.4) is 0 Å². The van der Waals surface area contributed by atoms with Gasteiger partial charge in [-0.25, -0.2) is 4.79 Å². The Labute approximate surface area is 117 Å². The number of urea groups is 1. The third kappa shape index (κ3) is 5.18. The van der Waals surface area contributed by atoms with Crippen LogP contribution in [0.1, 0.15) is 25.5 Å². The highest BCUT2D eigenvalue weighted by molar-refractivity contribution is 6.30. The lowest BCUT2D eigenvalue weighted by molar-refractivity contribution is -0.140. The van der Waals surface area contributed by atoms with E-state index in [9.17, 15) is 9.59 Å². The summed E-state index contributed by atoms with van der Waals surface area (Å²) in [7, 11) is 0. The van der Waals surface area contributed by atoms with Crippen LogP contribution in [0.2, 0.25) is 5.02 Å². The molecule has 0 aliphatic carbocycles. The third-order valence-electron chi connectivity index (χ3n) is 2.69. The predicted molar refractivity (Wildman–Crippen MR) is 73.2 cm³/mol. The number of nitrogens with one attached hydrogen (secondary N) is 2. The average Bonchev–Trinajstić information content (AvgIpc) is 2.35. The molecule has 2 unspecified atom stereocenters. The fourth-order valence-corrected chi connectivity index (χ4v) is 1.64. The lowest BCUT2D eigenvalue weighted by Gasteiger charge is -2.16. The van der Waals surface area contributed by atoms with Crippen LogP contribution in [0.25, 0.3) is 0 Å². The number of carboxylic acid groups (broad SMARTS) is 1. The zero-order valence-corrected chi connectivity index (χ0v) is 11.6. The molecule has 1 aromatic rings. The topological polar surface area (TPSA) is 78.4 Å². The van der Waals surface area contributed by atoms with Crippen molar-refractivity contribution < 1.29 is 14.7 Å². The van der Waals surface area contributed by atoms with Gasteiger partial charge in [0, 0.05) is 11.6 Å². The van der Waals surface area contributed by atoms with Gasteiger partial charge in [0.05, 0.1) is 12.0 Å². The number of amides is 2. The molecule has 5 nitrogen and oxygen atoms in total. The van der Waals surface area contributed by atoms with E-state index < -0.39 is 17.9 Å². The van der Waals surface area contributed by atoms with E-state index >= 15 is 0 Å². The van der Waals surface area contributed by atoms with E-state index in [-0.39, 0.29) is 12.6 Å². The molecule has 2 atom stereocenters. The maximum Gasteiger partial charge on any atom is 0.315 e. The Morgan fingerprint density at radius 2 is 2.05 bits per heavy atom. The van der Waals surface area contributed by atoms with Gasteiger partial charge in [-0.3, -0.25) is 4.79 Å². The molecule has 3 N–H and O–H groups in total. The second-order valence-electron chi connectivity index (χ2n) is 4.37. The number of carboxylic acids is 1. The van der Waals surface area contributed by atoms with E-state index in [4.69, 9.17) is 16.7 Å². The van der Waals surface area contributed by atoms with Crippen molar-refractivity contribution >= 4 is 23.6 Å². The molecule has 104 valence electrons. The van der Waals surface area contributed by atoms with Gasteiger partial charge in [-0.1, -0.05) is 30.7 Å². The van der Waals surface area contributed by atoms with Crippen LogP contribution in [0.5, 0.6) is 0 Å². The van der Waals surface area contributed by atoms with Crippen molar-refractivity contribution in [3.63, 3.8) is 0 Å². The van der Waals surface area contributed by atoms with Crippen molar-refractivity contribution in [1.29, 1.82) is 0 Å². The zero-order valence-electron chi connectivity index (χ0n) is 10.8. The minimum atomic E-state index is -0.941. The molecule has 0 saturated carbocycles. The van der Waals surface area contributed by atoms with Gasteiger partial charge >= 0.3 is 12.0 Å².